The van der Waals surface area contributed by atoms with Crippen LogP contribution in [0.2, 0.25) is 0 Å². The molecule has 0 radical (unpaired) electrons. The fourth-order valence-electron chi connectivity index (χ4n) is 0.955. The summed E-state index contributed by atoms with van der Waals surface area (Å²) in [5.74, 6) is -0.959. The van der Waals surface area contributed by atoms with Crippen molar-refractivity contribution in [1.29, 1.82) is 0 Å². The summed E-state index contributed by atoms with van der Waals surface area (Å²) in [4.78, 5) is 24.6. The van der Waals surface area contributed by atoms with Gasteiger partial charge in [-0.25, -0.2) is 0 Å². The molecule has 0 heterocycles. The van der Waals surface area contributed by atoms with E-state index in [1.807, 2.05) is 30.3 Å². The molecule has 1 aromatic rings. The van der Waals surface area contributed by atoms with E-state index in [1.165, 1.54) is 0 Å². The number of hydrogen-bond donors (Lipinski definition) is 4. The van der Waals surface area contributed by atoms with Crippen molar-refractivity contribution in [3.05, 3.63) is 35.9 Å². The van der Waals surface area contributed by atoms with Gasteiger partial charge in [0.25, 0.3) is 0 Å². The minimum absolute atomic E-state index is 0.385. The maximum Gasteiger partial charge on any atom is 0.692 e. The molecule has 88 valence electrons. The van der Waals surface area contributed by atoms with Crippen LogP contribution >= 0.6 is 8.25 Å². The second-order valence-electron chi connectivity index (χ2n) is 2.89. The number of carbonyl (C=O) groups is 1. The van der Waals surface area contributed by atoms with Crippen LogP contribution in [0.3, 0.4) is 0 Å². The smallest absolute Gasteiger partial charge is 0.480 e. The molecular weight excluding hydrogens is 233 g/mol. The van der Waals surface area contributed by atoms with Crippen LogP contribution in [0.1, 0.15) is 5.56 Å². The van der Waals surface area contributed by atoms with Crippen molar-refractivity contribution < 1.29 is 24.3 Å². The molecule has 1 aromatic carbocycles. The Balaban J connectivity index is 0.000000487. The minimum atomic E-state index is -2.87. The summed E-state index contributed by atoms with van der Waals surface area (Å²) in [7, 11) is -2.87. The summed E-state index contributed by atoms with van der Waals surface area (Å²) in [5.41, 5.74) is 6.30. The molecule has 0 amide bonds. The number of benzene rings is 1. The molecular formula is C9H13NO5P+. The highest BCUT2D eigenvalue weighted by atomic mass is 31.1. The highest BCUT2D eigenvalue weighted by Crippen LogP contribution is 2.01. The predicted molar refractivity (Wildman–Crippen MR) is 57.8 cm³/mol. The first-order valence-electron chi connectivity index (χ1n) is 4.30. The largest absolute Gasteiger partial charge is 0.692 e. The molecule has 0 unspecified atom stereocenters. The molecule has 0 fully saturated rings. The second kappa shape index (κ2) is 7.90. The van der Waals surface area contributed by atoms with Crippen LogP contribution in [-0.2, 0) is 15.8 Å². The molecule has 0 bridgehead atoms. The molecule has 16 heavy (non-hydrogen) atoms. The molecule has 1 rings (SSSR count). The van der Waals surface area contributed by atoms with Crippen LogP contribution in [0.25, 0.3) is 0 Å². The Labute approximate surface area is 93.3 Å². The summed E-state index contributed by atoms with van der Waals surface area (Å²) >= 11 is 0. The maximum absolute atomic E-state index is 10.4. The Kier molecular flexibility index (Phi) is 7.24. The predicted octanol–water partition coefficient (Wildman–Crippen LogP) is 0.269. The van der Waals surface area contributed by atoms with Gasteiger partial charge in [0.05, 0.1) is 0 Å². The zero-order valence-corrected chi connectivity index (χ0v) is 9.25. The lowest BCUT2D eigenvalue weighted by molar-refractivity contribution is -0.138. The summed E-state index contributed by atoms with van der Waals surface area (Å²) in [6.45, 7) is 0. The van der Waals surface area contributed by atoms with E-state index in [0.29, 0.717) is 6.42 Å². The van der Waals surface area contributed by atoms with Crippen LogP contribution in [0.15, 0.2) is 30.3 Å². The standard InChI is InChI=1S/C9H11NO2.HO3P/c10-8(9(11)12)6-7-4-2-1-3-5-7;1-4(2)3/h1-5,8H,6,10H2,(H,11,12);(H-,1,2,3)/p+1/t8-;/m0./s1. The molecule has 0 aliphatic rings. The normalized spacial score (nSPS) is 10.9. The second-order valence-corrected chi connectivity index (χ2v) is 3.39. The van der Waals surface area contributed by atoms with Gasteiger partial charge in [0.15, 0.2) is 0 Å². The monoisotopic (exact) mass is 246 g/mol. The van der Waals surface area contributed by atoms with E-state index in [1.54, 1.807) is 0 Å². The first-order chi connectivity index (χ1) is 7.43. The highest BCUT2D eigenvalue weighted by molar-refractivity contribution is 7.30. The quantitative estimate of drug-likeness (QED) is 0.568. The Hall–Kier alpha value is -1.33. The lowest BCUT2D eigenvalue weighted by Gasteiger charge is -2.04. The van der Waals surface area contributed by atoms with Gasteiger partial charge in [-0.1, -0.05) is 30.3 Å². The third-order valence-electron chi connectivity index (χ3n) is 1.62. The van der Waals surface area contributed by atoms with Gasteiger partial charge >= 0.3 is 14.2 Å². The van der Waals surface area contributed by atoms with Gasteiger partial charge in [0, 0.05) is 4.57 Å². The zero-order chi connectivity index (χ0) is 12.6. The number of hydrogen-bond acceptors (Lipinski definition) is 3. The van der Waals surface area contributed by atoms with Gasteiger partial charge in [-0.2, -0.15) is 0 Å². The molecule has 5 N–H and O–H groups in total. The highest BCUT2D eigenvalue weighted by Gasteiger charge is 2.10. The van der Waals surface area contributed by atoms with Crippen molar-refractivity contribution in [1.82, 2.24) is 0 Å². The van der Waals surface area contributed by atoms with Gasteiger partial charge < -0.3 is 10.8 Å². The lowest BCUT2D eigenvalue weighted by atomic mass is 10.1. The van der Waals surface area contributed by atoms with E-state index in [-0.39, 0.29) is 0 Å². The number of nitrogens with two attached hydrogens (primary N) is 1. The fraction of sp³-hybridized carbons (Fsp3) is 0.222. The molecule has 0 spiro atoms. The number of carboxylic acid groups (broad SMARTS) is 1. The van der Waals surface area contributed by atoms with E-state index in [2.05, 4.69) is 0 Å². The van der Waals surface area contributed by atoms with Crippen LogP contribution < -0.4 is 5.73 Å². The van der Waals surface area contributed by atoms with Gasteiger partial charge in [0.1, 0.15) is 6.04 Å². The SMILES string of the molecule is N[C@@H](Cc1ccccc1)C(=O)O.O=[P+](O)O. The fourth-order valence-corrected chi connectivity index (χ4v) is 0.955. The molecule has 0 aliphatic carbocycles. The topological polar surface area (TPSA) is 121 Å². The average Bonchev–Trinajstić information content (AvgIpc) is 2.18. The van der Waals surface area contributed by atoms with E-state index >= 15 is 0 Å². The van der Waals surface area contributed by atoms with Gasteiger partial charge in [-0.15, -0.1) is 9.79 Å². The first-order valence-corrected chi connectivity index (χ1v) is 5.47. The van der Waals surface area contributed by atoms with Crippen molar-refractivity contribution in [2.75, 3.05) is 0 Å². The van der Waals surface area contributed by atoms with Crippen LogP contribution in [-0.4, -0.2) is 26.9 Å². The number of rotatable bonds is 3. The summed E-state index contributed by atoms with van der Waals surface area (Å²) in [6, 6.07) is 8.54. The molecule has 7 heteroatoms. The van der Waals surface area contributed by atoms with Crippen molar-refractivity contribution in [3.63, 3.8) is 0 Å². The Bertz CT molecular complexity index is 339. The molecule has 1 atom stereocenters. The zero-order valence-electron chi connectivity index (χ0n) is 8.35. The Morgan fingerprint density at radius 2 is 1.75 bits per heavy atom. The van der Waals surface area contributed by atoms with Crippen molar-refractivity contribution in [3.8, 4) is 0 Å². The average molecular weight is 246 g/mol. The van der Waals surface area contributed by atoms with Gasteiger partial charge in [-0.05, 0) is 12.0 Å². The summed E-state index contributed by atoms with van der Waals surface area (Å²) < 4.78 is 8.70. The summed E-state index contributed by atoms with van der Waals surface area (Å²) in [5, 5.41) is 8.52. The van der Waals surface area contributed by atoms with Crippen molar-refractivity contribution in [2.24, 2.45) is 5.73 Å². The lowest BCUT2D eigenvalue weighted by Crippen LogP contribution is -2.32. The van der Waals surface area contributed by atoms with E-state index in [9.17, 15) is 4.79 Å². The summed E-state index contributed by atoms with van der Waals surface area (Å²) in [6.07, 6.45) is 0.385. The Morgan fingerprint density at radius 3 is 2.12 bits per heavy atom. The first kappa shape index (κ1) is 14.7. The molecule has 0 saturated carbocycles. The van der Waals surface area contributed by atoms with Crippen LogP contribution in [0.4, 0.5) is 0 Å². The minimum Gasteiger partial charge on any atom is -0.480 e. The van der Waals surface area contributed by atoms with E-state index in [4.69, 9.17) is 25.2 Å². The van der Waals surface area contributed by atoms with E-state index < -0.39 is 20.3 Å². The maximum atomic E-state index is 10.4. The molecule has 0 saturated heterocycles. The third kappa shape index (κ3) is 8.02. The van der Waals surface area contributed by atoms with Gasteiger partial charge in [-0.3, -0.25) is 4.79 Å². The number of aliphatic carboxylic acids is 1. The Morgan fingerprint density at radius 1 is 1.31 bits per heavy atom. The molecule has 6 nitrogen and oxygen atoms in total. The van der Waals surface area contributed by atoms with Crippen molar-refractivity contribution in [2.45, 2.75) is 12.5 Å². The van der Waals surface area contributed by atoms with Crippen molar-refractivity contribution >= 4 is 14.2 Å². The third-order valence-corrected chi connectivity index (χ3v) is 1.62. The van der Waals surface area contributed by atoms with Crippen LogP contribution in [0.5, 0.6) is 0 Å². The molecule has 0 aliphatic heterocycles. The van der Waals surface area contributed by atoms with Gasteiger partial charge in [0.2, 0.25) is 0 Å². The van der Waals surface area contributed by atoms with Crippen LogP contribution in [0, 0.1) is 0 Å². The van der Waals surface area contributed by atoms with E-state index in [0.717, 1.165) is 5.56 Å². The number of carboxylic acids is 1. The molecule has 0 aromatic heterocycles.